The van der Waals surface area contributed by atoms with Crippen LogP contribution in [0.15, 0.2) is 24.3 Å². The van der Waals surface area contributed by atoms with Crippen molar-refractivity contribution in [2.24, 2.45) is 11.7 Å². The van der Waals surface area contributed by atoms with E-state index in [0.717, 1.165) is 17.0 Å². The summed E-state index contributed by atoms with van der Waals surface area (Å²) < 4.78 is 0. The van der Waals surface area contributed by atoms with Gasteiger partial charge in [-0.3, -0.25) is 5.10 Å². The van der Waals surface area contributed by atoms with Gasteiger partial charge < -0.3 is 5.73 Å². The third-order valence-electron chi connectivity index (χ3n) is 2.92. The van der Waals surface area contributed by atoms with Gasteiger partial charge >= 0.3 is 0 Å². The molecule has 0 saturated heterocycles. The molecule has 1 heterocycles. The summed E-state index contributed by atoms with van der Waals surface area (Å²) in [6.07, 6.45) is 0. The molecule has 0 amide bonds. The predicted molar refractivity (Wildman–Crippen MR) is 68.3 cm³/mol. The molecular weight excluding hydrogens is 212 g/mol. The minimum atomic E-state index is -0.0970. The summed E-state index contributed by atoms with van der Waals surface area (Å²) in [7, 11) is 0. The molecule has 0 aliphatic rings. The standard InChI is InChI=1S/C13H18N4/c1-8(2)11(14)13-15-12(16-17-13)10-7-5-4-6-9(10)3/h4-8,11H,14H2,1-3H3,(H,15,16,17). The van der Waals surface area contributed by atoms with E-state index in [-0.39, 0.29) is 6.04 Å². The van der Waals surface area contributed by atoms with Crippen molar-refractivity contribution in [3.63, 3.8) is 0 Å². The van der Waals surface area contributed by atoms with Crippen LogP contribution >= 0.6 is 0 Å². The average Bonchev–Trinajstić information content (AvgIpc) is 2.77. The van der Waals surface area contributed by atoms with Crippen LogP contribution in [0.5, 0.6) is 0 Å². The first-order valence-electron chi connectivity index (χ1n) is 5.83. The minimum Gasteiger partial charge on any atom is -0.321 e. The number of hydrogen-bond donors (Lipinski definition) is 2. The van der Waals surface area contributed by atoms with E-state index in [9.17, 15) is 0 Å². The third kappa shape index (κ3) is 2.36. The first-order chi connectivity index (χ1) is 8.09. The van der Waals surface area contributed by atoms with Crippen LogP contribution in [0.25, 0.3) is 11.4 Å². The molecule has 2 aromatic rings. The fourth-order valence-electron chi connectivity index (χ4n) is 1.68. The number of aromatic nitrogens is 3. The second kappa shape index (κ2) is 4.67. The topological polar surface area (TPSA) is 67.6 Å². The van der Waals surface area contributed by atoms with E-state index in [2.05, 4.69) is 29.0 Å². The summed E-state index contributed by atoms with van der Waals surface area (Å²) >= 11 is 0. The van der Waals surface area contributed by atoms with Crippen molar-refractivity contribution < 1.29 is 0 Å². The molecule has 0 radical (unpaired) electrons. The van der Waals surface area contributed by atoms with E-state index in [1.54, 1.807) is 0 Å². The quantitative estimate of drug-likeness (QED) is 0.851. The molecule has 0 fully saturated rings. The van der Waals surface area contributed by atoms with Gasteiger partial charge in [-0.05, 0) is 18.4 Å². The number of nitrogens with zero attached hydrogens (tertiary/aromatic N) is 2. The highest BCUT2D eigenvalue weighted by molar-refractivity contribution is 5.59. The smallest absolute Gasteiger partial charge is 0.181 e. The van der Waals surface area contributed by atoms with Gasteiger partial charge in [-0.15, -0.1) is 0 Å². The van der Waals surface area contributed by atoms with Crippen molar-refractivity contribution in [1.29, 1.82) is 0 Å². The Morgan fingerprint density at radius 3 is 2.59 bits per heavy atom. The van der Waals surface area contributed by atoms with Crippen molar-refractivity contribution in [3.8, 4) is 11.4 Å². The predicted octanol–water partition coefficient (Wildman–Crippen LogP) is 2.44. The van der Waals surface area contributed by atoms with E-state index in [4.69, 9.17) is 5.73 Å². The number of hydrogen-bond acceptors (Lipinski definition) is 3. The Hall–Kier alpha value is -1.68. The highest BCUT2D eigenvalue weighted by Gasteiger charge is 2.16. The molecule has 0 saturated carbocycles. The Balaban J connectivity index is 2.34. The molecule has 0 aliphatic carbocycles. The number of H-pyrrole nitrogens is 1. The molecule has 0 bridgehead atoms. The van der Waals surface area contributed by atoms with Gasteiger partial charge in [-0.25, -0.2) is 4.98 Å². The molecule has 4 nitrogen and oxygen atoms in total. The van der Waals surface area contributed by atoms with Gasteiger partial charge in [0.15, 0.2) is 5.82 Å². The van der Waals surface area contributed by atoms with Crippen LogP contribution in [-0.2, 0) is 0 Å². The van der Waals surface area contributed by atoms with Crippen LogP contribution in [0.3, 0.4) is 0 Å². The summed E-state index contributed by atoms with van der Waals surface area (Å²) in [5.74, 6) is 1.81. The van der Waals surface area contributed by atoms with Crippen molar-refractivity contribution in [3.05, 3.63) is 35.7 Å². The Kier molecular flexibility index (Phi) is 3.24. The van der Waals surface area contributed by atoms with Crippen molar-refractivity contribution >= 4 is 0 Å². The summed E-state index contributed by atoms with van der Waals surface area (Å²) in [4.78, 5) is 4.47. The number of benzene rings is 1. The molecule has 4 heteroatoms. The molecular formula is C13H18N4. The summed E-state index contributed by atoms with van der Waals surface area (Å²) in [5, 5.41) is 7.16. The van der Waals surface area contributed by atoms with Crippen LogP contribution in [0.1, 0.15) is 31.3 Å². The SMILES string of the molecule is Cc1ccccc1-c1n[nH]c(C(N)C(C)C)n1. The summed E-state index contributed by atoms with van der Waals surface area (Å²) in [6, 6.07) is 7.96. The maximum atomic E-state index is 6.03. The van der Waals surface area contributed by atoms with Gasteiger partial charge in [-0.2, -0.15) is 5.10 Å². The molecule has 1 unspecified atom stereocenters. The lowest BCUT2D eigenvalue weighted by atomic mass is 10.1. The number of nitrogens with two attached hydrogens (primary N) is 1. The van der Waals surface area contributed by atoms with Gasteiger partial charge in [0.05, 0.1) is 6.04 Å². The molecule has 0 aliphatic heterocycles. The van der Waals surface area contributed by atoms with E-state index in [1.807, 2.05) is 31.2 Å². The van der Waals surface area contributed by atoms with Crippen molar-refractivity contribution in [2.75, 3.05) is 0 Å². The zero-order valence-corrected chi connectivity index (χ0v) is 10.4. The van der Waals surface area contributed by atoms with Gasteiger partial charge in [0.25, 0.3) is 0 Å². The molecule has 1 aromatic carbocycles. The first kappa shape index (κ1) is 11.8. The Bertz CT molecular complexity index is 502. The molecule has 1 atom stereocenters. The molecule has 2 rings (SSSR count). The van der Waals surface area contributed by atoms with Crippen LogP contribution in [0.2, 0.25) is 0 Å². The van der Waals surface area contributed by atoms with Crippen molar-refractivity contribution in [2.45, 2.75) is 26.8 Å². The fourth-order valence-corrected chi connectivity index (χ4v) is 1.68. The molecule has 17 heavy (non-hydrogen) atoms. The first-order valence-corrected chi connectivity index (χ1v) is 5.83. The van der Waals surface area contributed by atoms with E-state index < -0.39 is 0 Å². The van der Waals surface area contributed by atoms with Gasteiger partial charge in [-0.1, -0.05) is 38.1 Å². The largest absolute Gasteiger partial charge is 0.321 e. The average molecular weight is 230 g/mol. The second-order valence-corrected chi connectivity index (χ2v) is 4.63. The third-order valence-corrected chi connectivity index (χ3v) is 2.92. The Morgan fingerprint density at radius 2 is 1.94 bits per heavy atom. The van der Waals surface area contributed by atoms with Gasteiger partial charge in [0.1, 0.15) is 5.82 Å². The minimum absolute atomic E-state index is 0.0970. The summed E-state index contributed by atoms with van der Waals surface area (Å²) in [6.45, 7) is 6.19. The zero-order chi connectivity index (χ0) is 12.4. The van der Waals surface area contributed by atoms with Crippen LogP contribution < -0.4 is 5.73 Å². The van der Waals surface area contributed by atoms with Crippen LogP contribution in [0.4, 0.5) is 0 Å². The fraction of sp³-hybridized carbons (Fsp3) is 0.385. The number of aromatic amines is 1. The highest BCUT2D eigenvalue weighted by atomic mass is 15.2. The highest BCUT2D eigenvalue weighted by Crippen LogP contribution is 2.21. The van der Waals surface area contributed by atoms with Crippen LogP contribution in [-0.4, -0.2) is 15.2 Å². The monoisotopic (exact) mass is 230 g/mol. The zero-order valence-electron chi connectivity index (χ0n) is 10.4. The van der Waals surface area contributed by atoms with E-state index >= 15 is 0 Å². The Morgan fingerprint density at radius 1 is 1.24 bits per heavy atom. The molecule has 90 valence electrons. The van der Waals surface area contributed by atoms with Gasteiger partial charge in [0, 0.05) is 5.56 Å². The van der Waals surface area contributed by atoms with Crippen molar-refractivity contribution in [1.82, 2.24) is 15.2 Å². The Labute approximate surface area is 101 Å². The lowest BCUT2D eigenvalue weighted by Gasteiger charge is -2.11. The lowest BCUT2D eigenvalue weighted by molar-refractivity contribution is 0.492. The van der Waals surface area contributed by atoms with Gasteiger partial charge in [0.2, 0.25) is 0 Å². The second-order valence-electron chi connectivity index (χ2n) is 4.63. The lowest BCUT2D eigenvalue weighted by Crippen LogP contribution is -2.18. The normalized spacial score (nSPS) is 13.0. The maximum Gasteiger partial charge on any atom is 0.181 e. The summed E-state index contributed by atoms with van der Waals surface area (Å²) in [5.41, 5.74) is 8.24. The number of rotatable bonds is 3. The molecule has 3 N–H and O–H groups in total. The molecule has 0 spiro atoms. The van der Waals surface area contributed by atoms with Crippen LogP contribution in [0, 0.1) is 12.8 Å². The molecule has 1 aromatic heterocycles. The number of nitrogens with one attached hydrogen (secondary N) is 1. The number of aryl methyl sites for hydroxylation is 1. The van der Waals surface area contributed by atoms with E-state index in [1.165, 1.54) is 0 Å². The van der Waals surface area contributed by atoms with E-state index in [0.29, 0.717) is 11.7 Å². The maximum absolute atomic E-state index is 6.03.